The Balaban J connectivity index is 1.67. The molecular weight excluding hydrogens is 411 g/mol. The minimum absolute atomic E-state index is 0.0560. The van der Waals surface area contributed by atoms with Crippen molar-refractivity contribution in [1.29, 1.82) is 0 Å². The smallest absolute Gasteiger partial charge is 0.339 e. The highest BCUT2D eigenvalue weighted by Crippen LogP contribution is 2.26. The maximum absolute atomic E-state index is 12.8. The molecule has 2 heterocycles. The minimum atomic E-state index is -4.80. The summed E-state index contributed by atoms with van der Waals surface area (Å²) in [6.45, 7) is -0.272. The summed E-state index contributed by atoms with van der Waals surface area (Å²) >= 11 is 0. The molecule has 156 valence electrons. The number of amides is 1. The standard InChI is InChI=1S/C18H18F3N3O4S/c19-18(20,21)15-7-4-8-23(17(15)26)13-16(25)22-9-11-24(12-10-22)29(27,28)14-5-2-1-3-6-14/h1-8H,9-13H2. The van der Waals surface area contributed by atoms with Gasteiger partial charge in [0.1, 0.15) is 12.1 Å². The summed E-state index contributed by atoms with van der Waals surface area (Å²) in [6.07, 6.45) is -3.69. The zero-order valence-corrected chi connectivity index (χ0v) is 16.0. The number of aromatic nitrogens is 1. The Hall–Kier alpha value is -2.66. The van der Waals surface area contributed by atoms with Crippen molar-refractivity contribution in [1.82, 2.24) is 13.8 Å². The van der Waals surface area contributed by atoms with E-state index in [4.69, 9.17) is 0 Å². The van der Waals surface area contributed by atoms with E-state index in [1.54, 1.807) is 18.2 Å². The first-order chi connectivity index (χ1) is 13.6. The van der Waals surface area contributed by atoms with Crippen LogP contribution in [0.25, 0.3) is 0 Å². The number of hydrogen-bond acceptors (Lipinski definition) is 4. The Morgan fingerprint density at radius 3 is 2.17 bits per heavy atom. The fourth-order valence-corrected chi connectivity index (χ4v) is 4.49. The van der Waals surface area contributed by atoms with Crippen molar-refractivity contribution >= 4 is 15.9 Å². The molecule has 1 aliphatic rings. The third kappa shape index (κ3) is 4.51. The van der Waals surface area contributed by atoms with Gasteiger partial charge in [0.25, 0.3) is 5.56 Å². The summed E-state index contributed by atoms with van der Waals surface area (Å²) in [5, 5.41) is 0. The van der Waals surface area contributed by atoms with Crippen LogP contribution in [0, 0.1) is 0 Å². The van der Waals surface area contributed by atoms with E-state index in [0.29, 0.717) is 10.6 Å². The molecule has 0 spiro atoms. The molecular formula is C18H18F3N3O4S. The number of piperazine rings is 1. The molecule has 0 unspecified atom stereocenters. The molecule has 0 bridgehead atoms. The number of alkyl halides is 3. The fourth-order valence-electron chi connectivity index (χ4n) is 3.04. The lowest BCUT2D eigenvalue weighted by Gasteiger charge is -2.34. The van der Waals surface area contributed by atoms with Crippen LogP contribution in [-0.2, 0) is 27.5 Å². The van der Waals surface area contributed by atoms with Gasteiger partial charge in [-0.05, 0) is 24.3 Å². The van der Waals surface area contributed by atoms with E-state index in [2.05, 4.69) is 0 Å². The molecule has 0 radical (unpaired) electrons. The molecule has 0 N–H and O–H groups in total. The molecule has 0 aliphatic carbocycles. The Morgan fingerprint density at radius 1 is 0.966 bits per heavy atom. The number of nitrogens with zero attached hydrogens (tertiary/aromatic N) is 3. The van der Waals surface area contributed by atoms with E-state index in [1.165, 1.54) is 21.3 Å². The second-order valence-electron chi connectivity index (χ2n) is 6.45. The molecule has 1 amide bonds. The number of rotatable bonds is 4. The van der Waals surface area contributed by atoms with Gasteiger partial charge < -0.3 is 9.47 Å². The summed E-state index contributed by atoms with van der Waals surface area (Å²) in [6, 6.07) is 9.60. The molecule has 29 heavy (non-hydrogen) atoms. The highest BCUT2D eigenvalue weighted by Gasteiger charge is 2.35. The first-order valence-electron chi connectivity index (χ1n) is 8.70. The van der Waals surface area contributed by atoms with E-state index in [1.807, 2.05) is 0 Å². The quantitative estimate of drug-likeness (QED) is 0.736. The van der Waals surface area contributed by atoms with Gasteiger partial charge in [-0.1, -0.05) is 18.2 Å². The van der Waals surface area contributed by atoms with Crippen molar-refractivity contribution in [2.45, 2.75) is 17.6 Å². The van der Waals surface area contributed by atoms with Gasteiger partial charge in [-0.25, -0.2) is 8.42 Å². The Labute approximate surface area is 165 Å². The van der Waals surface area contributed by atoms with E-state index >= 15 is 0 Å². The first-order valence-corrected chi connectivity index (χ1v) is 10.1. The van der Waals surface area contributed by atoms with Gasteiger partial charge in [0.2, 0.25) is 15.9 Å². The van der Waals surface area contributed by atoms with Gasteiger partial charge >= 0.3 is 6.18 Å². The van der Waals surface area contributed by atoms with Crippen molar-refractivity contribution in [3.8, 4) is 0 Å². The number of pyridine rings is 1. The van der Waals surface area contributed by atoms with Crippen LogP contribution >= 0.6 is 0 Å². The molecule has 1 fully saturated rings. The average molecular weight is 429 g/mol. The molecule has 0 saturated carbocycles. The summed E-state index contributed by atoms with van der Waals surface area (Å²) in [7, 11) is -3.68. The van der Waals surface area contributed by atoms with Crippen LogP contribution in [0.15, 0.2) is 58.4 Å². The second-order valence-corrected chi connectivity index (χ2v) is 8.39. The van der Waals surface area contributed by atoms with Crippen LogP contribution in [-0.4, -0.2) is 54.3 Å². The predicted molar refractivity (Wildman–Crippen MR) is 97.5 cm³/mol. The molecule has 3 rings (SSSR count). The Morgan fingerprint density at radius 2 is 1.59 bits per heavy atom. The monoisotopic (exact) mass is 429 g/mol. The Bertz CT molecular complexity index is 1040. The number of sulfonamides is 1. The second kappa shape index (κ2) is 7.99. The lowest BCUT2D eigenvalue weighted by molar-refractivity contribution is -0.139. The van der Waals surface area contributed by atoms with Crippen molar-refractivity contribution in [2.75, 3.05) is 26.2 Å². The van der Waals surface area contributed by atoms with Crippen LogP contribution in [0.5, 0.6) is 0 Å². The molecule has 1 aliphatic heterocycles. The van der Waals surface area contributed by atoms with Crippen LogP contribution in [0.4, 0.5) is 13.2 Å². The van der Waals surface area contributed by atoms with Gasteiger partial charge in [0, 0.05) is 32.4 Å². The minimum Gasteiger partial charge on any atom is -0.339 e. The van der Waals surface area contributed by atoms with Gasteiger partial charge in [0.05, 0.1) is 4.90 Å². The number of carbonyl (C=O) groups is 1. The van der Waals surface area contributed by atoms with Crippen molar-refractivity contribution in [2.24, 2.45) is 0 Å². The van der Waals surface area contributed by atoms with E-state index in [9.17, 15) is 31.2 Å². The topological polar surface area (TPSA) is 79.7 Å². The normalized spacial score (nSPS) is 16.0. The van der Waals surface area contributed by atoms with Gasteiger partial charge in [0.15, 0.2) is 0 Å². The van der Waals surface area contributed by atoms with Crippen molar-refractivity contribution in [3.63, 3.8) is 0 Å². The number of halogens is 3. The zero-order valence-electron chi connectivity index (χ0n) is 15.2. The molecule has 7 nitrogen and oxygen atoms in total. The Kier molecular flexibility index (Phi) is 5.80. The average Bonchev–Trinajstić information content (AvgIpc) is 2.69. The summed E-state index contributed by atoms with van der Waals surface area (Å²) < 4.78 is 65.7. The number of hydrogen-bond donors (Lipinski definition) is 0. The van der Waals surface area contributed by atoms with Crippen LogP contribution in [0.3, 0.4) is 0 Å². The SMILES string of the molecule is O=C(Cn1cccc(C(F)(F)F)c1=O)N1CCN(S(=O)(=O)c2ccccc2)CC1. The molecule has 2 aromatic rings. The first kappa shape index (κ1) is 21.1. The summed E-state index contributed by atoms with van der Waals surface area (Å²) in [4.78, 5) is 25.9. The predicted octanol–water partition coefficient (Wildman–Crippen LogP) is 1.40. The van der Waals surface area contributed by atoms with Gasteiger partial charge in [-0.3, -0.25) is 9.59 Å². The van der Waals surface area contributed by atoms with E-state index in [-0.39, 0.29) is 31.1 Å². The zero-order chi connectivity index (χ0) is 21.2. The van der Waals surface area contributed by atoms with Gasteiger partial charge in [-0.2, -0.15) is 17.5 Å². The lowest BCUT2D eigenvalue weighted by Crippen LogP contribution is -2.51. The van der Waals surface area contributed by atoms with Gasteiger partial charge in [-0.15, -0.1) is 0 Å². The third-order valence-electron chi connectivity index (χ3n) is 4.60. The van der Waals surface area contributed by atoms with E-state index in [0.717, 1.165) is 12.3 Å². The fraction of sp³-hybridized carbons (Fsp3) is 0.333. The van der Waals surface area contributed by atoms with Crippen molar-refractivity contribution < 1.29 is 26.4 Å². The number of benzene rings is 1. The largest absolute Gasteiger partial charge is 0.421 e. The lowest BCUT2D eigenvalue weighted by atomic mass is 10.2. The van der Waals surface area contributed by atoms with Crippen LogP contribution in [0.2, 0.25) is 0 Å². The molecule has 1 aromatic carbocycles. The highest BCUT2D eigenvalue weighted by molar-refractivity contribution is 7.89. The van der Waals surface area contributed by atoms with Crippen LogP contribution in [0.1, 0.15) is 5.56 Å². The van der Waals surface area contributed by atoms with Crippen LogP contribution < -0.4 is 5.56 Å². The maximum atomic E-state index is 12.8. The highest BCUT2D eigenvalue weighted by atomic mass is 32.2. The number of carbonyl (C=O) groups excluding carboxylic acids is 1. The maximum Gasteiger partial charge on any atom is 0.421 e. The summed E-state index contributed by atoms with van der Waals surface area (Å²) in [5.41, 5.74) is -2.63. The molecule has 0 atom stereocenters. The van der Waals surface area contributed by atoms with Crippen molar-refractivity contribution in [3.05, 3.63) is 64.6 Å². The third-order valence-corrected chi connectivity index (χ3v) is 6.52. The summed E-state index contributed by atoms with van der Waals surface area (Å²) in [5.74, 6) is -0.553. The molecule has 11 heteroatoms. The van der Waals surface area contributed by atoms with E-state index < -0.39 is 39.8 Å². The molecule has 1 saturated heterocycles. The molecule has 1 aromatic heterocycles.